The Labute approximate surface area is 198 Å². The van der Waals surface area contributed by atoms with Gasteiger partial charge in [0.25, 0.3) is 0 Å². The molecule has 0 radical (unpaired) electrons. The van der Waals surface area contributed by atoms with Crippen LogP contribution in [0.1, 0.15) is 30.0 Å². The Morgan fingerprint density at radius 1 is 1.03 bits per heavy atom. The second-order valence-electron chi connectivity index (χ2n) is 7.79. The van der Waals surface area contributed by atoms with Crippen molar-refractivity contribution in [1.29, 1.82) is 5.26 Å². The van der Waals surface area contributed by atoms with Crippen LogP contribution in [0, 0.1) is 11.3 Å². The molecule has 0 aliphatic carbocycles. The minimum Gasteiger partial charge on any atom is -0.489 e. The van der Waals surface area contributed by atoms with Crippen molar-refractivity contribution >= 4 is 11.7 Å². The molecule has 0 bridgehead atoms. The number of ether oxygens (including phenoxy) is 2. The number of carboxylic acids is 1. The van der Waals surface area contributed by atoms with Crippen LogP contribution in [0.3, 0.4) is 0 Å². The fourth-order valence-electron chi connectivity index (χ4n) is 3.26. The van der Waals surface area contributed by atoms with E-state index in [1.165, 1.54) is 7.11 Å². The van der Waals surface area contributed by atoms with Gasteiger partial charge >= 0.3 is 5.97 Å². The van der Waals surface area contributed by atoms with Crippen LogP contribution in [0.4, 0.5) is 0 Å². The van der Waals surface area contributed by atoms with E-state index in [1.807, 2.05) is 54.6 Å². The number of hydrogen-bond donors (Lipinski definition) is 2. The summed E-state index contributed by atoms with van der Waals surface area (Å²) in [5.41, 5.74) is 4.93. The quantitative estimate of drug-likeness (QED) is 0.306. The van der Waals surface area contributed by atoms with Gasteiger partial charge < -0.3 is 14.6 Å². The summed E-state index contributed by atoms with van der Waals surface area (Å²) in [5, 5.41) is 18.5. The number of hydroxylamine groups is 1. The maximum absolute atomic E-state index is 11.1. The zero-order chi connectivity index (χ0) is 24.4. The molecule has 1 unspecified atom stereocenters. The second-order valence-corrected chi connectivity index (χ2v) is 7.79. The van der Waals surface area contributed by atoms with Crippen LogP contribution in [0.15, 0.2) is 85.1 Å². The highest BCUT2D eigenvalue weighted by molar-refractivity contribution is 5.70. The predicted octanol–water partition coefficient (Wildman–Crippen LogP) is 5.05. The third-order valence-electron chi connectivity index (χ3n) is 5.18. The maximum Gasteiger partial charge on any atom is 0.305 e. The van der Waals surface area contributed by atoms with Crippen LogP contribution in [-0.4, -0.2) is 18.2 Å². The molecule has 0 saturated heterocycles. The van der Waals surface area contributed by atoms with Gasteiger partial charge in [-0.25, -0.2) is 0 Å². The minimum atomic E-state index is -1.09. The average Bonchev–Trinajstić information content (AvgIpc) is 2.86. The molecule has 174 valence electrons. The number of hydrogen-bond acceptors (Lipinski definition) is 6. The smallest absolute Gasteiger partial charge is 0.305 e. The van der Waals surface area contributed by atoms with Gasteiger partial charge in [0, 0.05) is 5.56 Å². The Hall–Kier alpha value is -4.28. The van der Waals surface area contributed by atoms with Gasteiger partial charge in [-0.05, 0) is 42.3 Å². The Bertz CT molecular complexity index is 1150. The van der Waals surface area contributed by atoms with Crippen LogP contribution in [-0.2, 0) is 21.7 Å². The van der Waals surface area contributed by atoms with Crippen LogP contribution < -0.4 is 15.0 Å². The lowest BCUT2D eigenvalue weighted by Gasteiger charge is -2.20. The number of rotatable bonds is 11. The van der Waals surface area contributed by atoms with E-state index < -0.39 is 11.4 Å². The number of nitrogens with one attached hydrogen (secondary N) is 1. The van der Waals surface area contributed by atoms with Crippen LogP contribution in [0.25, 0.3) is 5.70 Å². The summed E-state index contributed by atoms with van der Waals surface area (Å²) in [6, 6.07) is 26.2. The fraction of sp³-hybridized carbons (Fsp3) is 0.185. The third-order valence-corrected chi connectivity index (χ3v) is 5.18. The largest absolute Gasteiger partial charge is 0.489 e. The Morgan fingerprint density at radius 3 is 2.26 bits per heavy atom. The number of nitrogens with zero attached hydrogens (tertiary/aromatic N) is 1. The molecule has 2 N–H and O–H groups in total. The molecule has 3 aromatic carbocycles. The van der Waals surface area contributed by atoms with Gasteiger partial charge in [-0.15, -0.1) is 0 Å². The lowest BCUT2D eigenvalue weighted by Crippen LogP contribution is -2.23. The van der Waals surface area contributed by atoms with Gasteiger partial charge in [0.05, 0.1) is 25.0 Å². The number of nitriles is 1. The molecule has 7 nitrogen and oxygen atoms in total. The van der Waals surface area contributed by atoms with E-state index >= 15 is 0 Å². The van der Waals surface area contributed by atoms with Gasteiger partial charge in [0.15, 0.2) is 0 Å². The SMILES string of the molecule is CONC(=COc1ccc(COc2ccc(C(C)(C#N)CC(=O)O)cc2)cc1)c1ccccc1. The Balaban J connectivity index is 1.59. The van der Waals surface area contributed by atoms with Gasteiger partial charge in [-0.2, -0.15) is 5.26 Å². The molecule has 1 atom stereocenters. The normalized spacial score (nSPS) is 12.8. The zero-order valence-corrected chi connectivity index (χ0v) is 19.0. The molecule has 0 heterocycles. The molecule has 0 fully saturated rings. The van der Waals surface area contributed by atoms with Crippen molar-refractivity contribution < 1.29 is 24.2 Å². The lowest BCUT2D eigenvalue weighted by atomic mass is 9.81. The van der Waals surface area contributed by atoms with Gasteiger partial charge in [0.1, 0.15) is 30.1 Å². The summed E-state index contributed by atoms with van der Waals surface area (Å²) in [4.78, 5) is 16.1. The number of carbonyl (C=O) groups is 1. The average molecular weight is 459 g/mol. The summed E-state index contributed by atoms with van der Waals surface area (Å²) in [7, 11) is 1.54. The van der Waals surface area contributed by atoms with Crippen LogP contribution in [0.5, 0.6) is 11.5 Å². The summed E-state index contributed by atoms with van der Waals surface area (Å²) < 4.78 is 11.6. The standard InChI is InChI=1S/C27H26N2O5/c1-27(19-28,16-26(30)31)22-10-14-24(15-11-22)33-17-20-8-12-23(13-9-20)34-18-25(29-32-2)21-6-4-3-5-7-21/h3-15,18,29H,16-17H2,1-2H3,(H,30,31). The number of aliphatic carboxylic acids is 1. The van der Waals surface area contributed by atoms with Crippen molar-refractivity contribution in [2.24, 2.45) is 0 Å². The van der Waals surface area contributed by atoms with Crippen molar-refractivity contribution in [3.63, 3.8) is 0 Å². The summed E-state index contributed by atoms with van der Waals surface area (Å²) >= 11 is 0. The van der Waals surface area contributed by atoms with Crippen molar-refractivity contribution in [1.82, 2.24) is 5.48 Å². The first kappa shape index (κ1) is 24.4. The molecule has 3 aromatic rings. The molecule has 0 saturated carbocycles. The van der Waals surface area contributed by atoms with Crippen molar-refractivity contribution in [3.05, 3.63) is 102 Å². The minimum absolute atomic E-state index is 0.262. The van der Waals surface area contributed by atoms with Crippen molar-refractivity contribution in [2.45, 2.75) is 25.4 Å². The summed E-state index contributed by atoms with van der Waals surface area (Å²) in [6.45, 7) is 1.96. The van der Waals surface area contributed by atoms with Crippen LogP contribution >= 0.6 is 0 Å². The van der Waals surface area contributed by atoms with E-state index in [1.54, 1.807) is 37.5 Å². The molecule has 0 amide bonds. The maximum atomic E-state index is 11.1. The summed E-state index contributed by atoms with van der Waals surface area (Å²) in [6.07, 6.45) is 1.33. The fourth-order valence-corrected chi connectivity index (χ4v) is 3.26. The first-order valence-electron chi connectivity index (χ1n) is 10.6. The molecule has 0 spiro atoms. The van der Waals surface area contributed by atoms with E-state index in [9.17, 15) is 10.1 Å². The number of benzene rings is 3. The third kappa shape index (κ3) is 6.61. The second kappa shape index (κ2) is 11.5. The first-order valence-corrected chi connectivity index (χ1v) is 10.6. The molecule has 0 aliphatic rings. The van der Waals surface area contributed by atoms with Gasteiger partial charge in [-0.3, -0.25) is 15.1 Å². The number of carboxylic acid groups (broad SMARTS) is 1. The van der Waals surface area contributed by atoms with E-state index in [0.29, 0.717) is 29.4 Å². The Kier molecular flexibility index (Phi) is 8.27. The molecular weight excluding hydrogens is 432 g/mol. The highest BCUT2D eigenvalue weighted by atomic mass is 16.6. The molecule has 3 rings (SSSR count). The van der Waals surface area contributed by atoms with Crippen molar-refractivity contribution in [2.75, 3.05) is 7.11 Å². The zero-order valence-electron chi connectivity index (χ0n) is 19.0. The van der Waals surface area contributed by atoms with E-state index in [0.717, 1.165) is 11.1 Å². The van der Waals surface area contributed by atoms with Crippen LogP contribution in [0.2, 0.25) is 0 Å². The molecule has 7 heteroatoms. The van der Waals surface area contributed by atoms with Gasteiger partial charge in [0.2, 0.25) is 0 Å². The van der Waals surface area contributed by atoms with E-state index in [4.69, 9.17) is 19.4 Å². The van der Waals surface area contributed by atoms with E-state index in [-0.39, 0.29) is 6.42 Å². The molecule has 0 aromatic heterocycles. The molecular formula is C27H26N2O5. The highest BCUT2D eigenvalue weighted by Gasteiger charge is 2.29. The lowest BCUT2D eigenvalue weighted by molar-refractivity contribution is -0.137. The molecule has 0 aliphatic heterocycles. The first-order chi connectivity index (χ1) is 16.4. The highest BCUT2D eigenvalue weighted by Crippen LogP contribution is 2.29. The monoisotopic (exact) mass is 458 g/mol. The Morgan fingerprint density at radius 2 is 1.68 bits per heavy atom. The van der Waals surface area contributed by atoms with E-state index in [2.05, 4.69) is 11.5 Å². The summed E-state index contributed by atoms with van der Waals surface area (Å²) in [5.74, 6) is 0.271. The topological polar surface area (TPSA) is 101 Å². The predicted molar refractivity (Wildman–Crippen MR) is 128 cm³/mol. The van der Waals surface area contributed by atoms with Crippen molar-refractivity contribution in [3.8, 4) is 17.6 Å². The molecule has 34 heavy (non-hydrogen) atoms. The van der Waals surface area contributed by atoms with Gasteiger partial charge in [-0.1, -0.05) is 54.6 Å².